The molecule has 3 nitrogen and oxygen atoms in total. The van der Waals surface area contributed by atoms with Gasteiger partial charge in [-0.15, -0.1) is 0 Å². The highest BCUT2D eigenvalue weighted by Crippen LogP contribution is 2.44. The van der Waals surface area contributed by atoms with E-state index in [2.05, 4.69) is 5.32 Å². The number of amides is 1. The minimum Gasteiger partial charge on any atom is -0.467 e. The van der Waals surface area contributed by atoms with Crippen LogP contribution in [0.4, 0.5) is 0 Å². The Balaban J connectivity index is 1.76. The van der Waals surface area contributed by atoms with Crippen LogP contribution in [0.2, 0.25) is 5.02 Å². The first-order valence-electron chi connectivity index (χ1n) is 6.77. The third kappa shape index (κ3) is 2.34. The number of hydrogen-bond acceptors (Lipinski definition) is 2. The van der Waals surface area contributed by atoms with Gasteiger partial charge in [-0.1, -0.05) is 30.2 Å². The average Bonchev–Trinajstić information content (AvgIpc) is 2.88. The van der Waals surface area contributed by atoms with Gasteiger partial charge in [0.1, 0.15) is 5.76 Å². The van der Waals surface area contributed by atoms with Crippen molar-refractivity contribution in [2.45, 2.75) is 31.2 Å². The van der Waals surface area contributed by atoms with Crippen molar-refractivity contribution in [2.75, 3.05) is 0 Å². The van der Waals surface area contributed by atoms with E-state index in [9.17, 15) is 4.79 Å². The Morgan fingerprint density at radius 1 is 1.30 bits per heavy atom. The zero-order valence-corrected chi connectivity index (χ0v) is 11.8. The molecule has 0 unspecified atom stereocenters. The van der Waals surface area contributed by atoms with Gasteiger partial charge < -0.3 is 9.73 Å². The Hall–Kier alpha value is -1.74. The van der Waals surface area contributed by atoms with Crippen LogP contribution in [0, 0.1) is 0 Å². The summed E-state index contributed by atoms with van der Waals surface area (Å²) in [6.45, 7) is 0.425. The molecule has 1 heterocycles. The monoisotopic (exact) mass is 289 g/mol. The Bertz CT molecular complexity index is 603. The molecule has 0 radical (unpaired) electrons. The minimum atomic E-state index is -0.419. The Morgan fingerprint density at radius 3 is 2.75 bits per heavy atom. The SMILES string of the molecule is O=C(NCc1ccco1)C1(c2cccc(Cl)c2)CCC1. The van der Waals surface area contributed by atoms with E-state index in [1.807, 2.05) is 36.4 Å². The van der Waals surface area contributed by atoms with Gasteiger partial charge in [-0.2, -0.15) is 0 Å². The van der Waals surface area contributed by atoms with E-state index >= 15 is 0 Å². The predicted octanol–water partition coefficient (Wildman–Crippen LogP) is 3.67. The summed E-state index contributed by atoms with van der Waals surface area (Å²) in [5, 5.41) is 3.64. The van der Waals surface area contributed by atoms with Gasteiger partial charge in [0.25, 0.3) is 0 Å². The first kappa shape index (κ1) is 13.3. The maximum absolute atomic E-state index is 12.6. The number of nitrogens with one attached hydrogen (secondary N) is 1. The molecule has 3 rings (SSSR count). The summed E-state index contributed by atoms with van der Waals surface area (Å²) in [5.74, 6) is 0.821. The van der Waals surface area contributed by atoms with E-state index in [0.29, 0.717) is 11.6 Å². The molecule has 1 aliphatic carbocycles. The molecule has 1 aromatic carbocycles. The zero-order chi connectivity index (χ0) is 14.0. The van der Waals surface area contributed by atoms with Gasteiger partial charge in [0.2, 0.25) is 5.91 Å². The smallest absolute Gasteiger partial charge is 0.231 e. The van der Waals surface area contributed by atoms with Crippen molar-refractivity contribution in [3.63, 3.8) is 0 Å². The van der Waals surface area contributed by atoms with Crippen molar-refractivity contribution >= 4 is 17.5 Å². The van der Waals surface area contributed by atoms with Gasteiger partial charge in [0.05, 0.1) is 18.2 Å². The second kappa shape index (κ2) is 5.33. The molecule has 0 saturated heterocycles. The predicted molar refractivity (Wildman–Crippen MR) is 77.5 cm³/mol. The normalized spacial score (nSPS) is 16.4. The van der Waals surface area contributed by atoms with E-state index in [-0.39, 0.29) is 5.91 Å². The van der Waals surface area contributed by atoms with Crippen molar-refractivity contribution in [3.8, 4) is 0 Å². The lowest BCUT2D eigenvalue weighted by Gasteiger charge is -2.40. The van der Waals surface area contributed by atoms with Crippen LogP contribution in [0.5, 0.6) is 0 Å². The maximum atomic E-state index is 12.6. The van der Waals surface area contributed by atoms with Gasteiger partial charge in [-0.3, -0.25) is 4.79 Å². The fraction of sp³-hybridized carbons (Fsp3) is 0.312. The molecule has 1 aliphatic rings. The van der Waals surface area contributed by atoms with Crippen LogP contribution >= 0.6 is 11.6 Å². The number of carbonyl (C=O) groups is 1. The Kier molecular flexibility index (Phi) is 3.53. The van der Waals surface area contributed by atoms with Crippen LogP contribution in [0.1, 0.15) is 30.6 Å². The summed E-state index contributed by atoms with van der Waals surface area (Å²) >= 11 is 6.05. The average molecular weight is 290 g/mol. The maximum Gasteiger partial charge on any atom is 0.231 e. The number of carbonyl (C=O) groups excluding carboxylic acids is 1. The highest BCUT2D eigenvalue weighted by Gasteiger charge is 2.45. The summed E-state index contributed by atoms with van der Waals surface area (Å²) in [5.41, 5.74) is 0.588. The number of furan rings is 1. The Labute approximate surface area is 122 Å². The summed E-state index contributed by atoms with van der Waals surface area (Å²) in [7, 11) is 0. The fourth-order valence-electron chi connectivity index (χ4n) is 2.71. The van der Waals surface area contributed by atoms with Crippen molar-refractivity contribution in [2.24, 2.45) is 0 Å². The molecule has 1 saturated carbocycles. The second-order valence-electron chi connectivity index (χ2n) is 5.21. The van der Waals surface area contributed by atoms with E-state index in [1.54, 1.807) is 6.26 Å². The van der Waals surface area contributed by atoms with Gasteiger partial charge in [0.15, 0.2) is 0 Å². The molecule has 0 bridgehead atoms. The fourth-order valence-corrected chi connectivity index (χ4v) is 2.90. The minimum absolute atomic E-state index is 0.0578. The molecule has 20 heavy (non-hydrogen) atoms. The van der Waals surface area contributed by atoms with Crippen LogP contribution in [-0.2, 0) is 16.8 Å². The van der Waals surface area contributed by atoms with Gasteiger partial charge in [0, 0.05) is 5.02 Å². The lowest BCUT2D eigenvalue weighted by molar-refractivity contribution is -0.130. The molecule has 1 fully saturated rings. The summed E-state index contributed by atoms with van der Waals surface area (Å²) in [6, 6.07) is 11.3. The van der Waals surface area contributed by atoms with E-state index < -0.39 is 5.41 Å². The summed E-state index contributed by atoms with van der Waals surface area (Å²) in [4.78, 5) is 12.6. The first-order chi connectivity index (χ1) is 9.71. The molecule has 0 spiro atoms. The van der Waals surface area contributed by atoms with E-state index in [1.165, 1.54) is 0 Å². The third-order valence-corrected chi connectivity index (χ3v) is 4.26. The van der Waals surface area contributed by atoms with Crippen LogP contribution in [0.25, 0.3) is 0 Å². The molecule has 0 aliphatic heterocycles. The summed E-state index contributed by atoms with van der Waals surface area (Å²) in [6.07, 6.45) is 4.42. The molecule has 2 aromatic rings. The molecular formula is C16H16ClNO2. The van der Waals surface area contributed by atoms with Crippen molar-refractivity contribution < 1.29 is 9.21 Å². The van der Waals surface area contributed by atoms with Crippen LogP contribution in [0.3, 0.4) is 0 Å². The highest BCUT2D eigenvalue weighted by molar-refractivity contribution is 6.30. The van der Waals surface area contributed by atoms with Crippen LogP contribution in [-0.4, -0.2) is 5.91 Å². The highest BCUT2D eigenvalue weighted by atomic mass is 35.5. The zero-order valence-electron chi connectivity index (χ0n) is 11.1. The second-order valence-corrected chi connectivity index (χ2v) is 5.64. The third-order valence-electron chi connectivity index (χ3n) is 4.02. The van der Waals surface area contributed by atoms with Crippen LogP contribution in [0.15, 0.2) is 47.1 Å². The molecule has 104 valence electrons. The molecule has 1 aromatic heterocycles. The topological polar surface area (TPSA) is 42.2 Å². The Morgan fingerprint density at radius 2 is 2.15 bits per heavy atom. The lowest BCUT2D eigenvalue weighted by atomic mass is 9.64. The lowest BCUT2D eigenvalue weighted by Crippen LogP contribution is -2.48. The molecular weight excluding hydrogens is 274 g/mol. The standard InChI is InChI=1S/C16H16ClNO2/c17-13-5-1-4-12(10-13)16(7-3-8-16)15(19)18-11-14-6-2-9-20-14/h1-2,4-6,9-10H,3,7-8,11H2,(H,18,19). The van der Waals surface area contributed by atoms with Crippen molar-refractivity contribution in [1.29, 1.82) is 0 Å². The molecule has 1 N–H and O–H groups in total. The number of benzene rings is 1. The quantitative estimate of drug-likeness (QED) is 0.933. The number of hydrogen-bond donors (Lipinski definition) is 1. The van der Waals surface area contributed by atoms with E-state index in [0.717, 1.165) is 30.6 Å². The molecule has 1 amide bonds. The van der Waals surface area contributed by atoms with Gasteiger partial charge >= 0.3 is 0 Å². The number of halogens is 1. The van der Waals surface area contributed by atoms with E-state index in [4.69, 9.17) is 16.0 Å². The van der Waals surface area contributed by atoms with Crippen LogP contribution < -0.4 is 5.32 Å². The largest absolute Gasteiger partial charge is 0.467 e. The summed E-state index contributed by atoms with van der Waals surface area (Å²) < 4.78 is 5.24. The van der Waals surface area contributed by atoms with Gasteiger partial charge in [-0.25, -0.2) is 0 Å². The van der Waals surface area contributed by atoms with Gasteiger partial charge in [-0.05, 0) is 42.7 Å². The van der Waals surface area contributed by atoms with Crippen molar-refractivity contribution in [1.82, 2.24) is 5.32 Å². The number of rotatable bonds is 4. The van der Waals surface area contributed by atoms with Crippen molar-refractivity contribution in [3.05, 3.63) is 59.0 Å². The first-order valence-corrected chi connectivity index (χ1v) is 7.15. The molecule has 0 atom stereocenters. The molecule has 4 heteroatoms.